The zero-order valence-electron chi connectivity index (χ0n) is 24.6. The van der Waals surface area contributed by atoms with Crippen LogP contribution in [0.5, 0.6) is 11.5 Å². The predicted molar refractivity (Wildman–Crippen MR) is 163 cm³/mol. The van der Waals surface area contributed by atoms with Crippen molar-refractivity contribution in [2.45, 2.75) is 70.6 Å². The molecule has 42 heavy (non-hydrogen) atoms. The summed E-state index contributed by atoms with van der Waals surface area (Å²) in [6, 6.07) is 23.3. The van der Waals surface area contributed by atoms with Crippen LogP contribution in [0.4, 0.5) is 0 Å². The zero-order valence-corrected chi connectivity index (χ0v) is 24.6. The maximum Gasteiger partial charge on any atom is 0.342 e. The summed E-state index contributed by atoms with van der Waals surface area (Å²) in [4.78, 5) is 13.0. The van der Waals surface area contributed by atoms with Crippen molar-refractivity contribution < 1.29 is 33.6 Å². The Kier molecular flexibility index (Phi) is 12.4. The molecule has 7 nitrogen and oxygen atoms in total. The Morgan fingerprint density at radius 1 is 0.929 bits per heavy atom. The lowest BCUT2D eigenvalue weighted by Gasteiger charge is -2.32. The van der Waals surface area contributed by atoms with Gasteiger partial charge >= 0.3 is 5.97 Å². The molecule has 0 amide bonds. The van der Waals surface area contributed by atoms with Gasteiger partial charge in [0.05, 0.1) is 38.6 Å². The van der Waals surface area contributed by atoms with E-state index in [-0.39, 0.29) is 18.3 Å². The van der Waals surface area contributed by atoms with E-state index in [1.54, 1.807) is 13.0 Å². The van der Waals surface area contributed by atoms with Crippen molar-refractivity contribution in [3.63, 3.8) is 0 Å². The van der Waals surface area contributed by atoms with Crippen LogP contribution in [0.25, 0.3) is 6.08 Å². The lowest BCUT2D eigenvalue weighted by Crippen LogP contribution is -2.38. The molecule has 1 aliphatic rings. The van der Waals surface area contributed by atoms with E-state index in [1.807, 2.05) is 72.8 Å². The highest BCUT2D eigenvalue weighted by atomic mass is 16.6. The molecule has 0 aliphatic carbocycles. The average Bonchev–Trinajstić information content (AvgIpc) is 3.02. The van der Waals surface area contributed by atoms with Gasteiger partial charge in [0.2, 0.25) is 0 Å². The Labute approximate surface area is 249 Å². The standard InChI is InChI=1S/C35H42O7/c1-26(36)18-19-32-31(39-20-21-40-32)17-11-5-10-16-29-22-30(41-24-27-12-6-3-7-13-27)23-33(34(29)35(37)38-2)42-25-28-14-8-4-9-15-28/h3-4,6-10,12-16,22-23,26,31-32,36H,5,11,17-21,24-25H2,1-2H3/b16-10+/t26-,31?,32?/m0/s1. The summed E-state index contributed by atoms with van der Waals surface area (Å²) in [7, 11) is 1.37. The molecule has 1 fully saturated rings. The number of ether oxygens (including phenoxy) is 5. The minimum absolute atomic E-state index is 0.00558. The number of rotatable bonds is 15. The van der Waals surface area contributed by atoms with Crippen molar-refractivity contribution >= 4 is 12.0 Å². The molecule has 4 rings (SSSR count). The smallest absolute Gasteiger partial charge is 0.342 e. The van der Waals surface area contributed by atoms with Gasteiger partial charge in [0, 0.05) is 6.07 Å². The summed E-state index contributed by atoms with van der Waals surface area (Å²) in [6.07, 6.45) is 7.67. The molecule has 0 bridgehead atoms. The van der Waals surface area contributed by atoms with Crippen molar-refractivity contribution in [1.29, 1.82) is 0 Å². The van der Waals surface area contributed by atoms with Crippen LogP contribution < -0.4 is 9.47 Å². The second-order valence-corrected chi connectivity index (χ2v) is 10.5. The molecule has 3 atom stereocenters. The molecule has 3 aromatic rings. The van der Waals surface area contributed by atoms with Gasteiger partial charge in [0.25, 0.3) is 0 Å². The van der Waals surface area contributed by atoms with E-state index in [9.17, 15) is 9.90 Å². The first-order valence-corrected chi connectivity index (χ1v) is 14.7. The third-order valence-electron chi connectivity index (χ3n) is 7.17. The number of aliphatic hydroxyl groups is 1. The zero-order chi connectivity index (χ0) is 29.6. The average molecular weight is 575 g/mol. The number of allylic oxidation sites excluding steroid dienone is 1. The fourth-order valence-corrected chi connectivity index (χ4v) is 4.94. The quantitative estimate of drug-likeness (QED) is 0.159. The molecule has 3 aromatic carbocycles. The fourth-order valence-electron chi connectivity index (χ4n) is 4.94. The molecule has 0 saturated carbocycles. The molecule has 1 aliphatic heterocycles. The molecule has 0 spiro atoms. The van der Waals surface area contributed by atoms with Crippen LogP contribution in [0.1, 0.15) is 66.1 Å². The van der Waals surface area contributed by atoms with Gasteiger partial charge in [-0.25, -0.2) is 4.79 Å². The van der Waals surface area contributed by atoms with Crippen LogP contribution in [-0.4, -0.2) is 49.7 Å². The highest BCUT2D eigenvalue weighted by Gasteiger charge is 2.26. The van der Waals surface area contributed by atoms with Gasteiger partial charge in [-0.1, -0.05) is 72.8 Å². The first kappa shape index (κ1) is 31.3. The lowest BCUT2D eigenvalue weighted by atomic mass is 10.00. The topological polar surface area (TPSA) is 83.5 Å². The number of hydrogen-bond acceptors (Lipinski definition) is 7. The first-order chi connectivity index (χ1) is 20.5. The van der Waals surface area contributed by atoms with Crippen LogP contribution in [0, 0.1) is 0 Å². The molecule has 0 radical (unpaired) electrons. The Morgan fingerprint density at radius 2 is 1.55 bits per heavy atom. The van der Waals surface area contributed by atoms with Crippen molar-refractivity contribution in [3.05, 3.63) is 101 Å². The van der Waals surface area contributed by atoms with E-state index < -0.39 is 5.97 Å². The second-order valence-electron chi connectivity index (χ2n) is 10.5. The number of benzene rings is 3. The van der Waals surface area contributed by atoms with E-state index in [4.69, 9.17) is 23.7 Å². The molecular weight excluding hydrogens is 532 g/mol. The van der Waals surface area contributed by atoms with Crippen LogP contribution in [0.2, 0.25) is 0 Å². The van der Waals surface area contributed by atoms with E-state index in [0.717, 1.165) is 36.8 Å². The number of carbonyl (C=O) groups is 1. The highest BCUT2D eigenvalue weighted by Crippen LogP contribution is 2.32. The minimum atomic E-state index is -0.471. The number of carbonyl (C=O) groups excluding carboxylic acids is 1. The van der Waals surface area contributed by atoms with Crippen LogP contribution in [0.15, 0.2) is 78.9 Å². The summed E-state index contributed by atoms with van der Waals surface area (Å²) in [5.41, 5.74) is 3.06. The van der Waals surface area contributed by atoms with E-state index in [2.05, 4.69) is 6.08 Å². The Morgan fingerprint density at radius 3 is 2.17 bits per heavy atom. The molecule has 0 aromatic heterocycles. The maximum atomic E-state index is 13.0. The van der Waals surface area contributed by atoms with Gasteiger partial charge < -0.3 is 28.8 Å². The number of esters is 1. The van der Waals surface area contributed by atoms with Crippen molar-refractivity contribution in [2.24, 2.45) is 0 Å². The van der Waals surface area contributed by atoms with E-state index in [1.165, 1.54) is 7.11 Å². The van der Waals surface area contributed by atoms with Crippen LogP contribution in [0.3, 0.4) is 0 Å². The highest BCUT2D eigenvalue weighted by molar-refractivity contribution is 5.97. The largest absolute Gasteiger partial charge is 0.489 e. The third kappa shape index (κ3) is 9.72. The number of hydrogen-bond donors (Lipinski definition) is 1. The molecule has 1 saturated heterocycles. The fraction of sp³-hybridized carbons (Fsp3) is 0.400. The second kappa shape index (κ2) is 16.7. The number of unbranched alkanes of at least 4 members (excludes halogenated alkanes) is 1. The van der Waals surface area contributed by atoms with Crippen molar-refractivity contribution in [3.8, 4) is 11.5 Å². The maximum absolute atomic E-state index is 13.0. The van der Waals surface area contributed by atoms with Gasteiger partial charge in [-0.05, 0) is 61.8 Å². The SMILES string of the molecule is COC(=O)c1c(/C=C/CCCC2OCCOC2CC[C@H](C)O)cc(OCc2ccccc2)cc1OCc1ccccc1. The summed E-state index contributed by atoms with van der Waals surface area (Å²) in [6.45, 7) is 3.67. The Balaban J connectivity index is 1.49. The minimum Gasteiger partial charge on any atom is -0.489 e. The normalized spacial score (nSPS) is 17.6. The lowest BCUT2D eigenvalue weighted by molar-refractivity contribution is -0.146. The summed E-state index contributed by atoms with van der Waals surface area (Å²) in [5.74, 6) is 0.536. The molecule has 1 N–H and O–H groups in total. The van der Waals surface area contributed by atoms with Gasteiger partial charge in [-0.15, -0.1) is 0 Å². The Bertz CT molecular complexity index is 1260. The van der Waals surface area contributed by atoms with Gasteiger partial charge in [-0.3, -0.25) is 0 Å². The van der Waals surface area contributed by atoms with Crippen LogP contribution in [-0.2, 0) is 27.4 Å². The predicted octanol–water partition coefficient (Wildman–Crippen LogP) is 6.76. The number of methoxy groups -OCH3 is 1. The molecule has 224 valence electrons. The van der Waals surface area contributed by atoms with E-state index in [0.29, 0.717) is 55.5 Å². The summed E-state index contributed by atoms with van der Waals surface area (Å²) >= 11 is 0. The number of aliphatic hydroxyl groups excluding tert-OH is 1. The van der Waals surface area contributed by atoms with Gasteiger partial charge in [0.1, 0.15) is 30.3 Å². The molecular formula is C35H42O7. The molecule has 7 heteroatoms. The third-order valence-corrected chi connectivity index (χ3v) is 7.17. The van der Waals surface area contributed by atoms with Gasteiger partial charge in [0.15, 0.2) is 0 Å². The van der Waals surface area contributed by atoms with E-state index >= 15 is 0 Å². The molecule has 2 unspecified atom stereocenters. The first-order valence-electron chi connectivity index (χ1n) is 14.7. The summed E-state index contributed by atoms with van der Waals surface area (Å²) < 4.78 is 29.4. The summed E-state index contributed by atoms with van der Waals surface area (Å²) in [5, 5.41) is 9.67. The van der Waals surface area contributed by atoms with Crippen molar-refractivity contribution in [2.75, 3.05) is 20.3 Å². The monoisotopic (exact) mass is 574 g/mol. The van der Waals surface area contributed by atoms with Crippen LogP contribution >= 0.6 is 0 Å². The van der Waals surface area contributed by atoms with Crippen molar-refractivity contribution in [1.82, 2.24) is 0 Å². The van der Waals surface area contributed by atoms with Gasteiger partial charge in [-0.2, -0.15) is 0 Å². The molecule has 1 heterocycles. The Hall–Kier alpha value is -3.65.